The number of H-pyrrole nitrogens is 1. The highest BCUT2D eigenvalue weighted by Gasteiger charge is 2.16. The standard InChI is InChI=1S/C17H21N3O/c1-12-15(11-13-7-3-2-4-8-13)16(21)20-17(18-12)19-14-9-5-6-10-14/h2-4,7-8,14H,5-6,9-11H2,1H3,(H2,18,19,20,21). The molecule has 2 N–H and O–H groups in total. The number of aromatic amines is 1. The predicted octanol–water partition coefficient (Wildman–Crippen LogP) is 3.02. The van der Waals surface area contributed by atoms with Crippen LogP contribution in [0.25, 0.3) is 0 Å². The second kappa shape index (κ2) is 6.12. The Morgan fingerprint density at radius 3 is 2.62 bits per heavy atom. The first-order chi connectivity index (χ1) is 10.2. The number of rotatable bonds is 4. The van der Waals surface area contributed by atoms with Crippen molar-refractivity contribution in [2.75, 3.05) is 5.32 Å². The number of nitrogens with zero attached hydrogens (tertiary/aromatic N) is 1. The summed E-state index contributed by atoms with van der Waals surface area (Å²) in [4.78, 5) is 19.7. The Kier molecular flexibility index (Phi) is 4.04. The predicted molar refractivity (Wildman–Crippen MR) is 84.7 cm³/mol. The number of hydrogen-bond donors (Lipinski definition) is 2. The van der Waals surface area contributed by atoms with E-state index in [2.05, 4.69) is 15.3 Å². The van der Waals surface area contributed by atoms with Crippen molar-refractivity contribution < 1.29 is 0 Å². The fourth-order valence-electron chi connectivity index (χ4n) is 2.95. The topological polar surface area (TPSA) is 57.8 Å². The fourth-order valence-corrected chi connectivity index (χ4v) is 2.95. The second-order valence-corrected chi connectivity index (χ2v) is 5.77. The lowest BCUT2D eigenvalue weighted by molar-refractivity contribution is 0.740. The molecule has 1 saturated carbocycles. The van der Waals surface area contributed by atoms with E-state index in [9.17, 15) is 4.79 Å². The maximum Gasteiger partial charge on any atom is 0.256 e. The number of hydrogen-bond acceptors (Lipinski definition) is 3. The van der Waals surface area contributed by atoms with Crippen molar-refractivity contribution in [2.45, 2.75) is 45.1 Å². The molecule has 3 rings (SSSR count). The molecule has 1 aliphatic rings. The molecule has 1 aromatic carbocycles. The third-order valence-corrected chi connectivity index (χ3v) is 4.14. The van der Waals surface area contributed by atoms with Crippen molar-refractivity contribution in [2.24, 2.45) is 0 Å². The molecule has 0 bridgehead atoms. The van der Waals surface area contributed by atoms with E-state index in [1.165, 1.54) is 12.8 Å². The van der Waals surface area contributed by atoms with E-state index < -0.39 is 0 Å². The molecule has 21 heavy (non-hydrogen) atoms. The largest absolute Gasteiger partial charge is 0.353 e. The smallest absolute Gasteiger partial charge is 0.256 e. The number of nitrogens with one attached hydrogen (secondary N) is 2. The van der Waals surface area contributed by atoms with E-state index in [0.717, 1.165) is 29.7 Å². The maximum absolute atomic E-state index is 12.3. The molecule has 1 aromatic heterocycles. The SMILES string of the molecule is Cc1nc(NC2CCCC2)[nH]c(=O)c1Cc1ccccc1. The van der Waals surface area contributed by atoms with Gasteiger partial charge in [0.2, 0.25) is 5.95 Å². The van der Waals surface area contributed by atoms with Crippen molar-refractivity contribution in [3.8, 4) is 0 Å². The summed E-state index contributed by atoms with van der Waals surface area (Å²) in [5.41, 5.74) is 2.65. The van der Waals surface area contributed by atoms with Gasteiger partial charge in [0.15, 0.2) is 0 Å². The van der Waals surface area contributed by atoms with Crippen LogP contribution >= 0.6 is 0 Å². The minimum Gasteiger partial charge on any atom is -0.353 e. The molecule has 4 nitrogen and oxygen atoms in total. The molecule has 0 atom stereocenters. The van der Waals surface area contributed by atoms with Gasteiger partial charge in [-0.3, -0.25) is 9.78 Å². The molecule has 0 unspecified atom stereocenters. The van der Waals surface area contributed by atoms with Crippen molar-refractivity contribution in [3.63, 3.8) is 0 Å². The average molecular weight is 283 g/mol. The monoisotopic (exact) mass is 283 g/mol. The number of aromatic nitrogens is 2. The highest BCUT2D eigenvalue weighted by atomic mass is 16.1. The normalized spacial score (nSPS) is 15.3. The highest BCUT2D eigenvalue weighted by molar-refractivity contribution is 5.33. The first-order valence-corrected chi connectivity index (χ1v) is 7.62. The highest BCUT2D eigenvalue weighted by Crippen LogP contribution is 2.20. The van der Waals surface area contributed by atoms with Crippen LogP contribution in [0.3, 0.4) is 0 Å². The van der Waals surface area contributed by atoms with Gasteiger partial charge in [0.25, 0.3) is 5.56 Å². The molecule has 0 radical (unpaired) electrons. The molecular weight excluding hydrogens is 262 g/mol. The minimum absolute atomic E-state index is 0.0353. The maximum atomic E-state index is 12.3. The van der Waals surface area contributed by atoms with Gasteiger partial charge in [0.05, 0.1) is 5.69 Å². The van der Waals surface area contributed by atoms with Crippen molar-refractivity contribution in [1.29, 1.82) is 0 Å². The van der Waals surface area contributed by atoms with Crippen molar-refractivity contribution in [1.82, 2.24) is 9.97 Å². The molecule has 0 aliphatic heterocycles. The zero-order chi connectivity index (χ0) is 14.7. The van der Waals surface area contributed by atoms with E-state index in [0.29, 0.717) is 18.4 Å². The van der Waals surface area contributed by atoms with Crippen LogP contribution in [0.5, 0.6) is 0 Å². The molecule has 0 amide bonds. The van der Waals surface area contributed by atoms with Crippen LogP contribution in [0.2, 0.25) is 0 Å². The molecular formula is C17H21N3O. The Labute approximate surface area is 124 Å². The summed E-state index contributed by atoms with van der Waals surface area (Å²) in [7, 11) is 0. The molecule has 1 heterocycles. The van der Waals surface area contributed by atoms with Crippen molar-refractivity contribution >= 4 is 5.95 Å². The number of benzene rings is 1. The summed E-state index contributed by atoms with van der Waals surface area (Å²) >= 11 is 0. The van der Waals surface area contributed by atoms with Gasteiger partial charge in [0, 0.05) is 18.0 Å². The van der Waals surface area contributed by atoms with Crippen LogP contribution in [-0.2, 0) is 6.42 Å². The summed E-state index contributed by atoms with van der Waals surface area (Å²) in [5, 5.41) is 3.35. The first kappa shape index (κ1) is 13.9. The molecule has 0 spiro atoms. The van der Waals surface area contributed by atoms with Gasteiger partial charge in [-0.1, -0.05) is 43.2 Å². The minimum atomic E-state index is -0.0353. The van der Waals surface area contributed by atoms with Gasteiger partial charge in [-0.25, -0.2) is 4.98 Å². The zero-order valence-corrected chi connectivity index (χ0v) is 12.4. The van der Waals surface area contributed by atoms with Crippen LogP contribution in [0.4, 0.5) is 5.95 Å². The Bertz CT molecular complexity index is 657. The Balaban J connectivity index is 1.81. The van der Waals surface area contributed by atoms with Gasteiger partial charge in [-0.15, -0.1) is 0 Å². The van der Waals surface area contributed by atoms with E-state index in [1.54, 1.807) is 0 Å². The Morgan fingerprint density at radius 2 is 1.95 bits per heavy atom. The average Bonchev–Trinajstić information content (AvgIpc) is 2.97. The number of aryl methyl sites for hydroxylation is 1. The summed E-state index contributed by atoms with van der Waals surface area (Å²) < 4.78 is 0. The second-order valence-electron chi connectivity index (χ2n) is 5.77. The summed E-state index contributed by atoms with van der Waals surface area (Å²) in [6.07, 6.45) is 5.46. The van der Waals surface area contributed by atoms with Crippen LogP contribution in [0.15, 0.2) is 35.1 Å². The lowest BCUT2D eigenvalue weighted by atomic mass is 10.1. The Hall–Kier alpha value is -2.10. The summed E-state index contributed by atoms with van der Waals surface area (Å²) in [5.74, 6) is 0.612. The van der Waals surface area contributed by atoms with Crippen LogP contribution in [-0.4, -0.2) is 16.0 Å². The first-order valence-electron chi connectivity index (χ1n) is 7.62. The van der Waals surface area contributed by atoms with Gasteiger partial charge >= 0.3 is 0 Å². The zero-order valence-electron chi connectivity index (χ0n) is 12.4. The van der Waals surface area contributed by atoms with Crippen LogP contribution in [0.1, 0.15) is 42.5 Å². The molecule has 1 fully saturated rings. The van der Waals surface area contributed by atoms with Gasteiger partial charge in [-0.05, 0) is 25.3 Å². The van der Waals surface area contributed by atoms with Crippen molar-refractivity contribution in [3.05, 3.63) is 57.5 Å². The van der Waals surface area contributed by atoms with Gasteiger partial charge in [-0.2, -0.15) is 0 Å². The molecule has 0 saturated heterocycles. The molecule has 110 valence electrons. The Morgan fingerprint density at radius 1 is 1.24 bits per heavy atom. The molecule has 1 aliphatic carbocycles. The summed E-state index contributed by atoms with van der Waals surface area (Å²) in [6.45, 7) is 1.91. The van der Waals surface area contributed by atoms with E-state index in [4.69, 9.17) is 0 Å². The van der Waals surface area contributed by atoms with Crippen LogP contribution in [0, 0.1) is 6.92 Å². The van der Waals surface area contributed by atoms with Gasteiger partial charge in [0.1, 0.15) is 0 Å². The van der Waals surface area contributed by atoms with Crippen LogP contribution < -0.4 is 10.9 Å². The van der Waals surface area contributed by atoms with E-state index >= 15 is 0 Å². The lowest BCUT2D eigenvalue weighted by Crippen LogP contribution is -2.23. The fraction of sp³-hybridized carbons (Fsp3) is 0.412. The molecule has 2 aromatic rings. The van der Waals surface area contributed by atoms with E-state index in [-0.39, 0.29) is 5.56 Å². The van der Waals surface area contributed by atoms with Gasteiger partial charge < -0.3 is 5.32 Å². The quantitative estimate of drug-likeness (QED) is 0.906. The third-order valence-electron chi connectivity index (χ3n) is 4.14. The lowest BCUT2D eigenvalue weighted by Gasteiger charge is -2.13. The molecule has 4 heteroatoms. The number of anilines is 1. The summed E-state index contributed by atoms with van der Waals surface area (Å²) in [6, 6.07) is 10.5. The third kappa shape index (κ3) is 3.32. The van der Waals surface area contributed by atoms with E-state index in [1.807, 2.05) is 37.3 Å².